The van der Waals surface area contributed by atoms with Gasteiger partial charge in [-0.15, -0.1) is 0 Å². The van der Waals surface area contributed by atoms with Gasteiger partial charge < -0.3 is 10.6 Å². The third-order valence-corrected chi connectivity index (χ3v) is 6.78. The molecule has 0 amide bonds. The lowest BCUT2D eigenvalue weighted by Crippen LogP contribution is -2.41. The molecule has 1 unspecified atom stereocenters. The molecule has 1 aromatic carbocycles. The lowest BCUT2D eigenvalue weighted by atomic mass is 10.0. The molecule has 152 valence electrons. The Morgan fingerprint density at radius 3 is 2.30 bits per heavy atom. The van der Waals surface area contributed by atoms with E-state index in [4.69, 9.17) is 0 Å². The van der Waals surface area contributed by atoms with E-state index < -0.39 is 10.0 Å². The fraction of sp³-hybridized carbons (Fsp3) is 0.650. The van der Waals surface area contributed by atoms with Gasteiger partial charge >= 0.3 is 0 Å². The second-order valence-electron chi connectivity index (χ2n) is 7.70. The van der Waals surface area contributed by atoms with Gasteiger partial charge in [-0.05, 0) is 56.2 Å². The van der Waals surface area contributed by atoms with Gasteiger partial charge in [-0.1, -0.05) is 26.0 Å². The largest absolute Gasteiger partial charge is 0.354 e. The maximum atomic E-state index is 12.6. The number of benzene rings is 1. The molecular formula is C20H34N4O2S. The third kappa shape index (κ3) is 6.50. The van der Waals surface area contributed by atoms with Crippen molar-refractivity contribution in [1.29, 1.82) is 0 Å². The van der Waals surface area contributed by atoms with Crippen LogP contribution in [0, 0.1) is 5.92 Å². The molecule has 2 N–H and O–H groups in total. The van der Waals surface area contributed by atoms with Gasteiger partial charge in [0, 0.05) is 32.7 Å². The van der Waals surface area contributed by atoms with Gasteiger partial charge in [0.15, 0.2) is 5.96 Å². The van der Waals surface area contributed by atoms with Crippen LogP contribution in [0.2, 0.25) is 0 Å². The molecule has 1 saturated heterocycles. The van der Waals surface area contributed by atoms with Crippen molar-refractivity contribution in [3.05, 3.63) is 29.8 Å². The Hall–Kier alpha value is -1.60. The molecule has 2 rings (SSSR count). The molecular weight excluding hydrogens is 360 g/mol. The highest BCUT2D eigenvalue weighted by Crippen LogP contribution is 2.21. The number of sulfonamides is 1. The molecule has 1 atom stereocenters. The lowest BCUT2D eigenvalue weighted by Gasteiger charge is -2.19. The van der Waals surface area contributed by atoms with Crippen molar-refractivity contribution in [1.82, 2.24) is 14.9 Å². The Balaban J connectivity index is 1.88. The second-order valence-corrected chi connectivity index (χ2v) is 9.64. The Kier molecular flexibility index (Phi) is 8.10. The van der Waals surface area contributed by atoms with Crippen molar-refractivity contribution < 1.29 is 8.42 Å². The molecule has 1 aromatic rings. The molecule has 1 aliphatic heterocycles. The highest BCUT2D eigenvalue weighted by atomic mass is 32.2. The van der Waals surface area contributed by atoms with Crippen LogP contribution in [0.25, 0.3) is 0 Å². The molecule has 0 bridgehead atoms. The Labute approximate surface area is 164 Å². The van der Waals surface area contributed by atoms with E-state index in [-0.39, 0.29) is 0 Å². The smallest absolute Gasteiger partial charge is 0.243 e. The van der Waals surface area contributed by atoms with Crippen LogP contribution in [-0.4, -0.2) is 44.9 Å². The maximum absolute atomic E-state index is 12.6. The molecule has 1 heterocycles. The van der Waals surface area contributed by atoms with E-state index in [1.54, 1.807) is 23.5 Å². The van der Waals surface area contributed by atoms with Crippen molar-refractivity contribution in [2.75, 3.05) is 20.1 Å². The topological polar surface area (TPSA) is 73.8 Å². The van der Waals surface area contributed by atoms with Crippen LogP contribution in [-0.2, 0) is 16.6 Å². The molecule has 0 radical (unpaired) electrons. The Morgan fingerprint density at radius 2 is 1.74 bits per heavy atom. The van der Waals surface area contributed by atoms with Crippen LogP contribution in [0.4, 0.5) is 0 Å². The van der Waals surface area contributed by atoms with Crippen molar-refractivity contribution >= 4 is 16.0 Å². The van der Waals surface area contributed by atoms with Crippen molar-refractivity contribution in [2.45, 2.75) is 63.9 Å². The summed E-state index contributed by atoms with van der Waals surface area (Å²) in [6, 6.07) is 7.49. The third-order valence-electron chi connectivity index (χ3n) is 4.87. The van der Waals surface area contributed by atoms with Crippen molar-refractivity contribution in [2.24, 2.45) is 10.9 Å². The van der Waals surface area contributed by atoms with Crippen LogP contribution < -0.4 is 10.6 Å². The number of guanidine groups is 1. The number of nitrogens with one attached hydrogen (secondary N) is 2. The van der Waals surface area contributed by atoms with E-state index in [1.165, 1.54) is 6.42 Å². The van der Waals surface area contributed by atoms with Gasteiger partial charge in [-0.25, -0.2) is 8.42 Å². The molecule has 1 fully saturated rings. The lowest BCUT2D eigenvalue weighted by molar-refractivity contribution is 0.477. The summed E-state index contributed by atoms with van der Waals surface area (Å²) in [5.74, 6) is 1.46. The number of aliphatic imine (C=N–C) groups is 1. The first-order valence-corrected chi connectivity index (χ1v) is 11.3. The minimum atomic E-state index is -3.34. The summed E-state index contributed by atoms with van der Waals surface area (Å²) in [5, 5.41) is 6.70. The van der Waals surface area contributed by atoms with Gasteiger partial charge in [0.1, 0.15) is 0 Å². The first-order valence-electron chi connectivity index (χ1n) is 9.89. The first-order chi connectivity index (χ1) is 12.8. The second kappa shape index (κ2) is 10.1. The van der Waals surface area contributed by atoms with Crippen molar-refractivity contribution in [3.63, 3.8) is 0 Å². The molecule has 6 nitrogen and oxygen atoms in total. The summed E-state index contributed by atoms with van der Waals surface area (Å²) in [7, 11) is -1.58. The molecule has 0 aromatic heterocycles. The van der Waals surface area contributed by atoms with Gasteiger partial charge in [-0.3, -0.25) is 4.99 Å². The number of hydrogen-bond donors (Lipinski definition) is 2. The summed E-state index contributed by atoms with van der Waals surface area (Å²) in [6.45, 7) is 8.47. The summed E-state index contributed by atoms with van der Waals surface area (Å²) >= 11 is 0. The predicted octanol–water partition coefficient (Wildman–Crippen LogP) is 2.96. The number of hydrogen-bond acceptors (Lipinski definition) is 3. The van der Waals surface area contributed by atoms with Gasteiger partial charge in [0.05, 0.1) is 4.90 Å². The molecule has 0 aliphatic carbocycles. The quantitative estimate of drug-likeness (QED) is 0.525. The van der Waals surface area contributed by atoms with E-state index in [0.29, 0.717) is 36.5 Å². The number of nitrogens with zero attached hydrogens (tertiary/aromatic N) is 2. The average molecular weight is 395 g/mol. The normalized spacial score (nSPS) is 17.3. The van der Waals surface area contributed by atoms with Gasteiger partial charge in [0.2, 0.25) is 10.0 Å². The molecule has 0 saturated carbocycles. The predicted molar refractivity (Wildman–Crippen MR) is 111 cm³/mol. The zero-order valence-electron chi connectivity index (χ0n) is 17.0. The van der Waals surface area contributed by atoms with E-state index in [1.807, 2.05) is 12.1 Å². The SMILES string of the molecule is CN=C(NCc1ccc(S(=O)(=O)N2CCCC2)cc1)NC(C)CCC(C)C. The zero-order valence-corrected chi connectivity index (χ0v) is 17.8. The summed E-state index contributed by atoms with van der Waals surface area (Å²) in [4.78, 5) is 4.64. The maximum Gasteiger partial charge on any atom is 0.243 e. The van der Waals surface area contributed by atoms with Crippen LogP contribution in [0.1, 0.15) is 52.0 Å². The summed E-state index contributed by atoms with van der Waals surface area (Å²) in [5.41, 5.74) is 1.02. The first kappa shape index (κ1) is 21.7. The molecule has 0 spiro atoms. The van der Waals surface area contributed by atoms with Crippen LogP contribution in [0.3, 0.4) is 0 Å². The summed E-state index contributed by atoms with van der Waals surface area (Å²) in [6.07, 6.45) is 4.17. The van der Waals surface area contributed by atoms with E-state index in [9.17, 15) is 8.42 Å². The highest BCUT2D eigenvalue weighted by Gasteiger charge is 2.26. The number of rotatable bonds is 8. The minimum absolute atomic E-state index is 0.353. The Bertz CT molecular complexity index is 708. The molecule has 7 heteroatoms. The monoisotopic (exact) mass is 394 g/mol. The van der Waals surface area contributed by atoms with E-state index >= 15 is 0 Å². The van der Waals surface area contributed by atoms with Crippen LogP contribution in [0.15, 0.2) is 34.2 Å². The van der Waals surface area contributed by atoms with Crippen LogP contribution >= 0.6 is 0 Å². The standard InChI is InChI=1S/C20H34N4O2S/c1-16(2)7-8-17(3)23-20(21-4)22-15-18-9-11-19(12-10-18)27(25,26)24-13-5-6-14-24/h9-12,16-17H,5-8,13-15H2,1-4H3,(H2,21,22,23). The van der Waals surface area contributed by atoms with Gasteiger partial charge in [0.25, 0.3) is 0 Å². The Morgan fingerprint density at radius 1 is 1.11 bits per heavy atom. The average Bonchev–Trinajstić information content (AvgIpc) is 3.19. The minimum Gasteiger partial charge on any atom is -0.354 e. The zero-order chi connectivity index (χ0) is 19.9. The van der Waals surface area contributed by atoms with E-state index in [0.717, 1.165) is 30.8 Å². The molecule has 1 aliphatic rings. The van der Waals surface area contributed by atoms with Gasteiger partial charge in [-0.2, -0.15) is 4.31 Å². The van der Waals surface area contributed by atoms with E-state index in [2.05, 4.69) is 36.4 Å². The summed E-state index contributed by atoms with van der Waals surface area (Å²) < 4.78 is 26.7. The fourth-order valence-electron chi connectivity index (χ4n) is 3.13. The molecule has 27 heavy (non-hydrogen) atoms. The van der Waals surface area contributed by atoms with Crippen LogP contribution in [0.5, 0.6) is 0 Å². The fourth-order valence-corrected chi connectivity index (χ4v) is 4.64. The highest BCUT2D eigenvalue weighted by molar-refractivity contribution is 7.89. The van der Waals surface area contributed by atoms with Crippen molar-refractivity contribution in [3.8, 4) is 0 Å².